The van der Waals surface area contributed by atoms with Crippen molar-refractivity contribution in [3.8, 4) is 0 Å². The summed E-state index contributed by atoms with van der Waals surface area (Å²) in [6, 6.07) is 1.15. The van der Waals surface area contributed by atoms with Crippen molar-refractivity contribution in [2.75, 3.05) is 6.54 Å². The quantitative estimate of drug-likeness (QED) is 0.543. The SMILES string of the molecule is CC(C)OC(=O)NC12CC(N(Cc3cc(F)cc(C(F)(F)F)c3)C(=O)CNC(N)=O)(C1)C2. The second-order valence-electron chi connectivity index (χ2n) is 8.66. The smallest absolute Gasteiger partial charge is 0.416 e. The van der Waals surface area contributed by atoms with Crippen LogP contribution in [0.3, 0.4) is 0 Å². The molecule has 3 fully saturated rings. The lowest BCUT2D eigenvalue weighted by Crippen LogP contribution is -2.84. The minimum absolute atomic E-state index is 0.0456. The van der Waals surface area contributed by atoms with Gasteiger partial charge >= 0.3 is 18.3 Å². The summed E-state index contributed by atoms with van der Waals surface area (Å²) >= 11 is 0. The fourth-order valence-corrected chi connectivity index (χ4v) is 4.48. The number of carbonyl (C=O) groups excluding carboxylic acids is 3. The molecule has 2 bridgehead atoms. The van der Waals surface area contributed by atoms with Crippen molar-refractivity contribution in [3.05, 3.63) is 35.1 Å². The molecule has 0 spiro atoms. The molecule has 1 aromatic carbocycles. The summed E-state index contributed by atoms with van der Waals surface area (Å²) in [6.45, 7) is 2.63. The summed E-state index contributed by atoms with van der Waals surface area (Å²) in [6.07, 6.45) is -4.59. The molecule has 12 heteroatoms. The van der Waals surface area contributed by atoms with E-state index in [1.54, 1.807) is 13.8 Å². The number of nitrogens with zero attached hydrogens (tertiary/aromatic N) is 1. The Kier molecular flexibility index (Phi) is 6.00. The maximum Gasteiger partial charge on any atom is 0.416 e. The number of rotatable bonds is 7. The summed E-state index contributed by atoms with van der Waals surface area (Å²) in [5, 5.41) is 4.93. The van der Waals surface area contributed by atoms with Crippen molar-refractivity contribution in [2.45, 2.75) is 63.0 Å². The average Bonchev–Trinajstić information content (AvgIpc) is 2.58. The maximum atomic E-state index is 13.8. The lowest BCUT2D eigenvalue weighted by molar-refractivity contribution is -0.189. The lowest BCUT2D eigenvalue weighted by Gasteiger charge is -2.73. The Balaban J connectivity index is 1.77. The highest BCUT2D eigenvalue weighted by Crippen LogP contribution is 2.64. The second kappa shape index (κ2) is 8.14. The predicted octanol–water partition coefficient (Wildman–Crippen LogP) is 2.65. The molecule has 4 amide bonds. The summed E-state index contributed by atoms with van der Waals surface area (Å²) in [5.41, 5.74) is 2.50. The first kappa shape index (κ1) is 23.6. The van der Waals surface area contributed by atoms with Crippen LogP contribution < -0.4 is 16.4 Å². The van der Waals surface area contributed by atoms with Crippen molar-refractivity contribution in [3.63, 3.8) is 0 Å². The Bertz CT molecular complexity index is 915. The highest BCUT2D eigenvalue weighted by atomic mass is 19.4. The van der Waals surface area contributed by atoms with E-state index in [0.29, 0.717) is 25.3 Å². The molecule has 0 unspecified atom stereocenters. The fourth-order valence-electron chi connectivity index (χ4n) is 4.48. The molecule has 176 valence electrons. The van der Waals surface area contributed by atoms with Gasteiger partial charge in [-0.25, -0.2) is 14.0 Å². The first-order valence-corrected chi connectivity index (χ1v) is 9.93. The molecule has 8 nitrogen and oxygen atoms in total. The van der Waals surface area contributed by atoms with Gasteiger partial charge in [-0.1, -0.05) is 0 Å². The van der Waals surface area contributed by atoms with Crippen molar-refractivity contribution >= 4 is 18.0 Å². The van der Waals surface area contributed by atoms with Gasteiger partial charge in [-0.05, 0) is 56.9 Å². The van der Waals surface area contributed by atoms with E-state index in [2.05, 4.69) is 10.6 Å². The number of benzene rings is 1. The number of amides is 4. The van der Waals surface area contributed by atoms with E-state index in [0.717, 1.165) is 12.1 Å². The van der Waals surface area contributed by atoms with Crippen molar-refractivity contribution in [1.29, 1.82) is 0 Å². The number of urea groups is 1. The van der Waals surface area contributed by atoms with E-state index in [4.69, 9.17) is 10.5 Å². The minimum Gasteiger partial charge on any atom is -0.447 e. The van der Waals surface area contributed by atoms with Crippen LogP contribution in [-0.4, -0.2) is 46.7 Å². The number of nitrogens with one attached hydrogen (secondary N) is 2. The summed E-state index contributed by atoms with van der Waals surface area (Å²) < 4.78 is 58.1. The number of hydrogen-bond donors (Lipinski definition) is 3. The summed E-state index contributed by atoms with van der Waals surface area (Å²) in [7, 11) is 0. The van der Waals surface area contributed by atoms with Crippen LogP contribution in [0.1, 0.15) is 44.2 Å². The topological polar surface area (TPSA) is 114 Å². The predicted molar refractivity (Wildman–Crippen MR) is 104 cm³/mol. The Morgan fingerprint density at radius 3 is 2.34 bits per heavy atom. The minimum atomic E-state index is -4.75. The van der Waals surface area contributed by atoms with Gasteiger partial charge in [0.2, 0.25) is 5.91 Å². The van der Waals surface area contributed by atoms with Crippen LogP contribution >= 0.6 is 0 Å². The van der Waals surface area contributed by atoms with E-state index < -0.39 is 53.2 Å². The van der Waals surface area contributed by atoms with Crippen LogP contribution in [0.5, 0.6) is 0 Å². The third-order valence-corrected chi connectivity index (χ3v) is 5.63. The second-order valence-corrected chi connectivity index (χ2v) is 8.66. The average molecular weight is 460 g/mol. The van der Waals surface area contributed by atoms with Crippen LogP contribution in [0.25, 0.3) is 0 Å². The molecule has 3 aliphatic rings. The van der Waals surface area contributed by atoms with Crippen LogP contribution in [-0.2, 0) is 22.3 Å². The van der Waals surface area contributed by atoms with Crippen LogP contribution in [0, 0.1) is 5.82 Å². The number of alkyl carbamates (subject to hydrolysis) is 1. The Labute approximate surface area is 181 Å². The third kappa shape index (κ3) is 4.89. The fraction of sp³-hybridized carbons (Fsp3) is 0.550. The zero-order valence-corrected chi connectivity index (χ0v) is 17.5. The van der Waals surface area contributed by atoms with Crippen molar-refractivity contribution in [1.82, 2.24) is 15.5 Å². The van der Waals surface area contributed by atoms with E-state index in [1.807, 2.05) is 0 Å². The summed E-state index contributed by atoms with van der Waals surface area (Å²) in [4.78, 5) is 37.0. The van der Waals surface area contributed by atoms with Gasteiger partial charge in [0, 0.05) is 6.54 Å². The maximum absolute atomic E-state index is 13.8. The number of hydrogen-bond acceptors (Lipinski definition) is 4. The normalized spacial score (nSPS) is 23.6. The van der Waals surface area contributed by atoms with Gasteiger partial charge in [-0.3, -0.25) is 4.79 Å². The van der Waals surface area contributed by atoms with E-state index >= 15 is 0 Å². The molecule has 3 saturated carbocycles. The Hall–Kier alpha value is -3.05. The van der Waals surface area contributed by atoms with E-state index in [1.165, 1.54) is 4.90 Å². The Morgan fingerprint density at radius 2 is 1.81 bits per heavy atom. The zero-order chi connectivity index (χ0) is 23.9. The molecule has 32 heavy (non-hydrogen) atoms. The number of nitrogens with two attached hydrogens (primary N) is 1. The molecule has 4 rings (SSSR count). The monoisotopic (exact) mass is 460 g/mol. The standard InChI is InChI=1S/C20H24F4N4O4/c1-11(2)32-17(31)27-18-8-19(9-18,10-18)28(15(29)6-26-16(25)30)7-12-3-13(20(22,23)24)5-14(21)4-12/h3-5,11H,6-10H2,1-2H3,(H,27,31)(H3,25,26,30). The molecule has 0 heterocycles. The highest BCUT2D eigenvalue weighted by Gasteiger charge is 2.72. The molecular weight excluding hydrogens is 436 g/mol. The largest absolute Gasteiger partial charge is 0.447 e. The zero-order valence-electron chi connectivity index (χ0n) is 17.5. The van der Waals surface area contributed by atoms with Gasteiger partial charge in [0.15, 0.2) is 0 Å². The molecule has 0 aliphatic heterocycles. The molecule has 1 aromatic rings. The molecule has 0 aromatic heterocycles. The van der Waals surface area contributed by atoms with Crippen molar-refractivity contribution < 1.29 is 36.7 Å². The first-order valence-electron chi connectivity index (χ1n) is 9.93. The molecule has 3 aliphatic carbocycles. The first-order chi connectivity index (χ1) is 14.7. The van der Waals surface area contributed by atoms with Crippen molar-refractivity contribution in [2.24, 2.45) is 5.73 Å². The van der Waals surface area contributed by atoms with E-state index in [9.17, 15) is 31.9 Å². The van der Waals surface area contributed by atoms with Gasteiger partial charge in [0.1, 0.15) is 5.82 Å². The van der Waals surface area contributed by atoms with Gasteiger partial charge in [-0.2, -0.15) is 13.2 Å². The number of primary amides is 1. The van der Waals surface area contributed by atoms with Gasteiger partial charge < -0.3 is 26.0 Å². The lowest BCUT2D eigenvalue weighted by atomic mass is 9.43. The van der Waals surface area contributed by atoms with Gasteiger partial charge in [0.25, 0.3) is 0 Å². The third-order valence-electron chi connectivity index (χ3n) is 5.63. The van der Waals surface area contributed by atoms with Crippen LogP contribution in [0.2, 0.25) is 0 Å². The highest BCUT2D eigenvalue weighted by molar-refractivity contribution is 5.84. The molecule has 0 radical (unpaired) electrons. The number of carbonyl (C=O) groups is 3. The molecular formula is C20H24F4N4O4. The summed E-state index contributed by atoms with van der Waals surface area (Å²) in [5.74, 6) is -1.66. The number of halogens is 4. The van der Waals surface area contributed by atoms with Crippen LogP contribution in [0.15, 0.2) is 18.2 Å². The molecule has 4 N–H and O–H groups in total. The molecule has 0 atom stereocenters. The molecule has 0 saturated heterocycles. The van der Waals surface area contributed by atoms with Gasteiger partial charge in [-0.15, -0.1) is 0 Å². The Morgan fingerprint density at radius 1 is 1.19 bits per heavy atom. The van der Waals surface area contributed by atoms with E-state index in [-0.39, 0.29) is 18.2 Å². The number of ether oxygens (including phenoxy) is 1. The van der Waals surface area contributed by atoms with Crippen LogP contribution in [0.4, 0.5) is 27.2 Å². The van der Waals surface area contributed by atoms with Gasteiger partial charge in [0.05, 0.1) is 29.3 Å². The number of alkyl halides is 3.